The van der Waals surface area contributed by atoms with E-state index in [-0.39, 0.29) is 50.4 Å². The summed E-state index contributed by atoms with van der Waals surface area (Å²) in [6.45, 7) is 2.08. The molecule has 3 unspecified atom stereocenters. The fourth-order valence-electron chi connectivity index (χ4n) is 6.25. The van der Waals surface area contributed by atoms with Crippen LogP contribution in [0.1, 0.15) is 41.9 Å². The van der Waals surface area contributed by atoms with Crippen molar-refractivity contribution in [1.29, 1.82) is 0 Å². The quantitative estimate of drug-likeness (QED) is 0.0900. The van der Waals surface area contributed by atoms with Gasteiger partial charge >= 0.3 is 0 Å². The monoisotopic (exact) mass is 690 g/mol. The first-order valence-corrected chi connectivity index (χ1v) is 16.7. The van der Waals surface area contributed by atoms with Crippen molar-refractivity contribution in [3.63, 3.8) is 0 Å². The molecule has 12 heteroatoms. The number of piperidine rings is 1. The number of nitrogens with zero attached hydrogens (tertiary/aromatic N) is 2. The molecule has 0 radical (unpaired) electrons. The minimum absolute atomic E-state index is 0.0498. The number of methoxy groups -OCH3 is 2. The third kappa shape index (κ3) is 10.1. The van der Waals surface area contributed by atoms with E-state index in [9.17, 15) is 9.90 Å². The topological polar surface area (TPSA) is 140 Å². The number of likely N-dealkylation sites (tertiary alicyclic amines) is 1. The summed E-state index contributed by atoms with van der Waals surface area (Å²) in [5.74, 6) is 1.65. The van der Waals surface area contributed by atoms with Gasteiger partial charge < -0.3 is 33.7 Å². The fourth-order valence-corrected chi connectivity index (χ4v) is 6.25. The SMILES string of the molecule is COc1ccccc1COCCCOc1ccc(C2C(O)CN(C(=O)CCCON(O)O)CC2OCc2cc(OC)c3ccccc3c2)cc1. The zero-order valence-electron chi connectivity index (χ0n) is 28.5. The number of carbonyl (C=O) groups is 1. The highest BCUT2D eigenvalue weighted by Crippen LogP contribution is 2.34. The Morgan fingerprint density at radius 3 is 2.38 bits per heavy atom. The normalized spacial score (nSPS) is 17.6. The van der Waals surface area contributed by atoms with Gasteiger partial charge in [-0.1, -0.05) is 54.6 Å². The van der Waals surface area contributed by atoms with Crippen molar-refractivity contribution in [3.05, 3.63) is 102 Å². The molecule has 12 nitrogen and oxygen atoms in total. The van der Waals surface area contributed by atoms with Crippen LogP contribution in [-0.2, 0) is 32.3 Å². The number of aliphatic hydroxyl groups is 1. The van der Waals surface area contributed by atoms with Crippen molar-refractivity contribution in [2.45, 2.75) is 50.6 Å². The molecule has 268 valence electrons. The number of carbonyl (C=O) groups excluding carboxylic acids is 1. The molecular formula is C38H46N2O10. The molecule has 1 aliphatic heterocycles. The van der Waals surface area contributed by atoms with E-state index < -0.39 is 18.1 Å². The Balaban J connectivity index is 1.21. The van der Waals surface area contributed by atoms with Gasteiger partial charge in [0.1, 0.15) is 17.2 Å². The molecule has 3 N–H and O–H groups in total. The van der Waals surface area contributed by atoms with Crippen LogP contribution in [0.4, 0.5) is 0 Å². The van der Waals surface area contributed by atoms with Crippen molar-refractivity contribution in [3.8, 4) is 17.2 Å². The third-order valence-corrected chi connectivity index (χ3v) is 8.70. The second-order valence-corrected chi connectivity index (χ2v) is 12.1. The van der Waals surface area contributed by atoms with Crippen LogP contribution in [0.15, 0.2) is 84.9 Å². The lowest BCUT2D eigenvalue weighted by atomic mass is 9.84. The van der Waals surface area contributed by atoms with Crippen LogP contribution in [-0.4, -0.2) is 91.1 Å². The summed E-state index contributed by atoms with van der Waals surface area (Å²) in [4.78, 5) is 19.3. The van der Waals surface area contributed by atoms with E-state index in [1.807, 2.05) is 78.9 Å². The molecule has 3 atom stereocenters. The van der Waals surface area contributed by atoms with E-state index in [0.717, 1.165) is 39.0 Å². The molecule has 0 spiro atoms. The predicted octanol–water partition coefficient (Wildman–Crippen LogP) is 5.51. The maximum atomic E-state index is 13.1. The average molecular weight is 691 g/mol. The Kier molecular flexibility index (Phi) is 13.8. The minimum atomic E-state index is -0.891. The number of aliphatic hydroxyl groups excluding tert-OH is 1. The Morgan fingerprint density at radius 2 is 1.60 bits per heavy atom. The maximum absolute atomic E-state index is 13.1. The van der Waals surface area contributed by atoms with Crippen molar-refractivity contribution in [1.82, 2.24) is 10.3 Å². The van der Waals surface area contributed by atoms with Crippen LogP contribution in [0, 0.1) is 0 Å². The zero-order chi connectivity index (χ0) is 35.3. The molecule has 1 aliphatic rings. The number of benzene rings is 4. The van der Waals surface area contributed by atoms with Gasteiger partial charge in [0.15, 0.2) is 0 Å². The van der Waals surface area contributed by atoms with Crippen LogP contribution < -0.4 is 14.2 Å². The van der Waals surface area contributed by atoms with Gasteiger partial charge in [-0.15, -0.1) is 0 Å². The number of hydrogen-bond acceptors (Lipinski definition) is 11. The number of amides is 1. The minimum Gasteiger partial charge on any atom is -0.496 e. The van der Waals surface area contributed by atoms with Gasteiger partial charge in [-0.2, -0.15) is 0 Å². The van der Waals surface area contributed by atoms with Gasteiger partial charge in [0.25, 0.3) is 0 Å². The van der Waals surface area contributed by atoms with Gasteiger partial charge in [-0.05, 0) is 53.3 Å². The highest BCUT2D eigenvalue weighted by molar-refractivity contribution is 5.89. The van der Waals surface area contributed by atoms with Crippen LogP contribution in [0.3, 0.4) is 0 Å². The second kappa shape index (κ2) is 18.6. The number of fused-ring (bicyclic) bond motifs is 1. The summed E-state index contributed by atoms with van der Waals surface area (Å²) >= 11 is 0. The molecule has 4 aromatic carbocycles. The second-order valence-electron chi connectivity index (χ2n) is 12.1. The van der Waals surface area contributed by atoms with Gasteiger partial charge in [0.05, 0.1) is 64.9 Å². The predicted molar refractivity (Wildman–Crippen MR) is 184 cm³/mol. The largest absolute Gasteiger partial charge is 0.496 e. The van der Waals surface area contributed by atoms with E-state index in [1.165, 1.54) is 0 Å². The van der Waals surface area contributed by atoms with E-state index in [2.05, 4.69) is 10.9 Å². The lowest BCUT2D eigenvalue weighted by molar-refractivity contribution is -0.492. The number of rotatable bonds is 18. The standard InChI is InChI=1S/C38H46N2O10/c1-45-34-12-6-4-10-30(34)26-47-18-8-19-48-31-16-14-28(15-17-31)38-33(41)23-39(37(42)13-7-20-50-40(43)44)24-36(38)49-25-27-21-29-9-3-5-11-32(29)35(22-27)46-2/h3-6,9-12,14-17,21-22,33,36,38,41,43-44H,7-8,13,18-20,23-26H2,1-2H3. The van der Waals surface area contributed by atoms with E-state index in [0.29, 0.717) is 32.0 Å². The molecule has 0 saturated carbocycles. The van der Waals surface area contributed by atoms with Crippen LogP contribution >= 0.6 is 0 Å². The summed E-state index contributed by atoms with van der Waals surface area (Å²) in [6, 6.07) is 27.4. The first-order chi connectivity index (χ1) is 24.4. The van der Waals surface area contributed by atoms with Crippen molar-refractivity contribution >= 4 is 16.7 Å². The summed E-state index contributed by atoms with van der Waals surface area (Å²) in [5, 5.41) is 30.6. The highest BCUT2D eigenvalue weighted by Gasteiger charge is 2.39. The van der Waals surface area contributed by atoms with Gasteiger partial charge in [-0.25, -0.2) is 0 Å². The third-order valence-electron chi connectivity index (χ3n) is 8.70. The molecule has 1 fully saturated rings. The Bertz CT molecular complexity index is 1650. The van der Waals surface area contributed by atoms with Gasteiger partial charge in [0.2, 0.25) is 5.91 Å². The molecule has 1 amide bonds. The van der Waals surface area contributed by atoms with Crippen molar-refractivity contribution in [2.75, 3.05) is 47.1 Å². The average Bonchev–Trinajstić information content (AvgIpc) is 3.13. The summed E-state index contributed by atoms with van der Waals surface area (Å²) in [7, 11) is 3.28. The number of ether oxygens (including phenoxy) is 5. The lowest BCUT2D eigenvalue weighted by Crippen LogP contribution is -2.53. The molecule has 50 heavy (non-hydrogen) atoms. The first-order valence-electron chi connectivity index (χ1n) is 16.7. The number of para-hydroxylation sites is 1. The molecule has 5 rings (SSSR count). The Morgan fingerprint density at radius 1 is 0.840 bits per heavy atom. The summed E-state index contributed by atoms with van der Waals surface area (Å²) < 4.78 is 29.3. The summed E-state index contributed by atoms with van der Waals surface area (Å²) in [5.41, 5.74) is 2.77. The van der Waals surface area contributed by atoms with Crippen LogP contribution in [0.2, 0.25) is 0 Å². The van der Waals surface area contributed by atoms with E-state index in [1.54, 1.807) is 19.1 Å². The van der Waals surface area contributed by atoms with E-state index in [4.69, 9.17) is 34.1 Å². The van der Waals surface area contributed by atoms with Gasteiger partial charge in [-0.3, -0.25) is 20.0 Å². The zero-order valence-corrected chi connectivity index (χ0v) is 28.5. The van der Waals surface area contributed by atoms with Crippen LogP contribution in [0.25, 0.3) is 10.8 Å². The highest BCUT2D eigenvalue weighted by atomic mass is 17.1. The molecule has 1 heterocycles. The number of β-amino-alcohol motifs (C(OH)–C–C–N with tert-alkyl or cyclic N) is 1. The van der Waals surface area contributed by atoms with E-state index >= 15 is 0 Å². The number of hydrogen-bond donors (Lipinski definition) is 3. The molecule has 4 aromatic rings. The molecule has 0 bridgehead atoms. The smallest absolute Gasteiger partial charge is 0.222 e. The van der Waals surface area contributed by atoms with Crippen molar-refractivity contribution < 1.29 is 48.8 Å². The molecule has 0 aliphatic carbocycles. The van der Waals surface area contributed by atoms with Gasteiger partial charge in [0, 0.05) is 42.8 Å². The molecule has 1 saturated heterocycles. The first kappa shape index (κ1) is 37.0. The summed E-state index contributed by atoms with van der Waals surface area (Å²) in [6.07, 6.45) is -0.324. The molecular weight excluding hydrogens is 644 g/mol. The van der Waals surface area contributed by atoms with Crippen molar-refractivity contribution in [2.24, 2.45) is 0 Å². The maximum Gasteiger partial charge on any atom is 0.222 e. The molecule has 0 aromatic heterocycles. The lowest BCUT2D eigenvalue weighted by Gasteiger charge is -2.42. The van der Waals surface area contributed by atoms with Crippen LogP contribution in [0.5, 0.6) is 17.2 Å². The Hall–Kier alpha value is -4.27. The fraction of sp³-hybridized carbons (Fsp3) is 0.395. The Labute approximate surface area is 292 Å².